The molecular weight excluding hydrogens is 328 g/mol. The van der Waals surface area contributed by atoms with Crippen molar-refractivity contribution in [3.63, 3.8) is 0 Å². The topological polar surface area (TPSA) is 67.9 Å². The zero-order chi connectivity index (χ0) is 17.1. The van der Waals surface area contributed by atoms with Crippen LogP contribution in [0.4, 0.5) is 5.69 Å². The first-order chi connectivity index (χ1) is 11.6. The molecule has 0 saturated carbocycles. The van der Waals surface area contributed by atoms with Crippen molar-refractivity contribution in [1.82, 2.24) is 4.90 Å². The Morgan fingerprint density at radius 3 is 2.67 bits per heavy atom. The Bertz CT molecular complexity index is 745. The van der Waals surface area contributed by atoms with Gasteiger partial charge in [0.1, 0.15) is 13.2 Å². The van der Waals surface area contributed by atoms with Crippen LogP contribution < -0.4 is 14.8 Å². The quantitative estimate of drug-likeness (QED) is 0.868. The van der Waals surface area contributed by atoms with Crippen molar-refractivity contribution >= 4 is 28.8 Å². The summed E-state index contributed by atoms with van der Waals surface area (Å²) in [5.41, 5.74) is 0.495. The summed E-state index contributed by atoms with van der Waals surface area (Å²) in [5, 5.41) is 4.55. The molecule has 3 rings (SSSR count). The van der Waals surface area contributed by atoms with Gasteiger partial charge in [-0.25, -0.2) is 0 Å². The van der Waals surface area contributed by atoms with Gasteiger partial charge in [-0.2, -0.15) is 0 Å². The van der Waals surface area contributed by atoms with Gasteiger partial charge in [-0.05, 0) is 30.5 Å². The zero-order valence-corrected chi connectivity index (χ0v) is 14.3. The molecule has 1 aliphatic rings. The van der Waals surface area contributed by atoms with Crippen molar-refractivity contribution in [2.45, 2.75) is 13.0 Å². The van der Waals surface area contributed by atoms with Crippen molar-refractivity contribution < 1.29 is 19.1 Å². The predicted molar refractivity (Wildman–Crippen MR) is 91.6 cm³/mol. The molecule has 1 aliphatic heterocycles. The highest BCUT2D eigenvalue weighted by Crippen LogP contribution is 2.32. The molecule has 0 radical (unpaired) electrons. The van der Waals surface area contributed by atoms with E-state index in [0.717, 1.165) is 4.88 Å². The summed E-state index contributed by atoms with van der Waals surface area (Å²) in [6, 6.07) is 8.75. The predicted octanol–water partition coefficient (Wildman–Crippen LogP) is 2.68. The molecule has 1 N–H and O–H groups in total. The summed E-state index contributed by atoms with van der Waals surface area (Å²) in [7, 11) is 1.62. The molecule has 7 heteroatoms. The summed E-state index contributed by atoms with van der Waals surface area (Å²) in [6.07, 6.45) is 0. The Balaban J connectivity index is 1.67. The minimum Gasteiger partial charge on any atom is -0.486 e. The number of rotatable bonds is 3. The van der Waals surface area contributed by atoms with Gasteiger partial charge in [-0.3, -0.25) is 9.59 Å². The molecule has 6 nitrogen and oxygen atoms in total. The van der Waals surface area contributed by atoms with Gasteiger partial charge in [0.15, 0.2) is 11.5 Å². The summed E-state index contributed by atoms with van der Waals surface area (Å²) in [4.78, 5) is 27.0. The van der Waals surface area contributed by atoms with E-state index in [4.69, 9.17) is 9.47 Å². The van der Waals surface area contributed by atoms with Crippen molar-refractivity contribution in [1.29, 1.82) is 0 Å². The zero-order valence-electron chi connectivity index (χ0n) is 13.4. The van der Waals surface area contributed by atoms with E-state index in [-0.39, 0.29) is 6.04 Å². The summed E-state index contributed by atoms with van der Waals surface area (Å²) in [6.45, 7) is 2.86. The number of hydrogen-bond acceptors (Lipinski definition) is 5. The van der Waals surface area contributed by atoms with Crippen LogP contribution in [0.1, 0.15) is 17.8 Å². The maximum absolute atomic E-state index is 12.3. The SMILES string of the molecule is C[C@H](c1cccs1)N(C)C(=O)C(=O)Nc1ccc2c(c1)OCCO2. The molecule has 0 spiro atoms. The van der Waals surface area contributed by atoms with Crippen LogP contribution >= 0.6 is 11.3 Å². The lowest BCUT2D eigenvalue weighted by Gasteiger charge is -2.23. The third kappa shape index (κ3) is 3.35. The van der Waals surface area contributed by atoms with Crippen molar-refractivity contribution in [3.05, 3.63) is 40.6 Å². The second-order valence-corrected chi connectivity index (χ2v) is 6.40. The fourth-order valence-corrected chi connectivity index (χ4v) is 3.19. The van der Waals surface area contributed by atoms with Crippen LogP contribution in [-0.2, 0) is 9.59 Å². The minimum atomic E-state index is -0.683. The number of anilines is 1. The number of nitrogens with one attached hydrogen (secondary N) is 1. The van der Waals surface area contributed by atoms with Crippen LogP contribution in [0.15, 0.2) is 35.7 Å². The number of carbonyl (C=O) groups excluding carboxylic acids is 2. The van der Waals surface area contributed by atoms with Crippen LogP contribution in [-0.4, -0.2) is 37.0 Å². The van der Waals surface area contributed by atoms with Crippen LogP contribution in [0.3, 0.4) is 0 Å². The second kappa shape index (κ2) is 6.92. The number of fused-ring (bicyclic) bond motifs is 1. The Hall–Kier alpha value is -2.54. The fraction of sp³-hybridized carbons (Fsp3) is 0.294. The average Bonchev–Trinajstić information content (AvgIpc) is 3.14. The molecule has 0 bridgehead atoms. The number of carbonyl (C=O) groups is 2. The summed E-state index contributed by atoms with van der Waals surface area (Å²) in [5.74, 6) is -0.0795. The summed E-state index contributed by atoms with van der Waals surface area (Å²) >= 11 is 1.55. The molecule has 126 valence electrons. The lowest BCUT2D eigenvalue weighted by molar-refractivity contribution is -0.143. The number of hydrogen-bond donors (Lipinski definition) is 1. The number of ether oxygens (including phenoxy) is 2. The minimum absolute atomic E-state index is 0.163. The number of nitrogens with zero attached hydrogens (tertiary/aromatic N) is 1. The Morgan fingerprint density at radius 1 is 1.21 bits per heavy atom. The molecule has 2 heterocycles. The van der Waals surface area contributed by atoms with E-state index in [2.05, 4.69) is 5.32 Å². The first kappa shape index (κ1) is 16.3. The molecule has 2 amide bonds. The molecular formula is C17H18N2O4S. The van der Waals surface area contributed by atoms with Crippen LogP contribution in [0.25, 0.3) is 0 Å². The average molecular weight is 346 g/mol. The largest absolute Gasteiger partial charge is 0.486 e. The number of thiophene rings is 1. The van der Waals surface area contributed by atoms with Gasteiger partial charge >= 0.3 is 11.8 Å². The van der Waals surface area contributed by atoms with Gasteiger partial charge in [0.2, 0.25) is 0 Å². The molecule has 1 aromatic carbocycles. The molecule has 0 aliphatic carbocycles. The lowest BCUT2D eigenvalue weighted by Crippen LogP contribution is -2.38. The van der Waals surface area contributed by atoms with Gasteiger partial charge in [0.25, 0.3) is 0 Å². The Morgan fingerprint density at radius 2 is 1.96 bits per heavy atom. The van der Waals surface area contributed by atoms with Gasteiger partial charge in [-0.1, -0.05) is 6.07 Å². The van der Waals surface area contributed by atoms with E-state index < -0.39 is 11.8 Å². The standard InChI is InChI=1S/C17H18N2O4S/c1-11(15-4-3-9-24-15)19(2)17(21)16(20)18-12-5-6-13-14(10-12)23-8-7-22-13/h3-6,9-11H,7-8H2,1-2H3,(H,18,20)/t11-/m1/s1. The first-order valence-corrected chi connectivity index (χ1v) is 8.45. The van der Waals surface area contributed by atoms with Gasteiger partial charge in [0, 0.05) is 23.7 Å². The maximum Gasteiger partial charge on any atom is 0.313 e. The van der Waals surface area contributed by atoms with E-state index in [1.165, 1.54) is 4.90 Å². The fourth-order valence-electron chi connectivity index (χ4n) is 2.36. The van der Waals surface area contributed by atoms with Crippen molar-refractivity contribution in [2.75, 3.05) is 25.6 Å². The highest BCUT2D eigenvalue weighted by Gasteiger charge is 2.24. The van der Waals surface area contributed by atoms with E-state index in [0.29, 0.717) is 30.4 Å². The third-order valence-corrected chi connectivity index (χ3v) is 4.89. The van der Waals surface area contributed by atoms with Crippen molar-refractivity contribution in [3.8, 4) is 11.5 Å². The number of likely N-dealkylation sites (N-methyl/N-ethyl adjacent to an activating group) is 1. The molecule has 0 fully saturated rings. The normalized spacial score (nSPS) is 13.9. The van der Waals surface area contributed by atoms with Gasteiger partial charge in [0.05, 0.1) is 6.04 Å². The molecule has 2 aromatic rings. The monoisotopic (exact) mass is 346 g/mol. The second-order valence-electron chi connectivity index (χ2n) is 5.42. The van der Waals surface area contributed by atoms with Crippen LogP contribution in [0.5, 0.6) is 11.5 Å². The molecule has 0 unspecified atom stereocenters. The third-order valence-electron chi connectivity index (χ3n) is 3.85. The smallest absolute Gasteiger partial charge is 0.313 e. The van der Waals surface area contributed by atoms with E-state index in [1.807, 2.05) is 24.4 Å². The molecule has 1 aromatic heterocycles. The first-order valence-electron chi connectivity index (χ1n) is 7.57. The van der Waals surface area contributed by atoms with Crippen molar-refractivity contribution in [2.24, 2.45) is 0 Å². The highest BCUT2D eigenvalue weighted by molar-refractivity contribution is 7.10. The van der Waals surface area contributed by atoms with Gasteiger partial charge in [-0.15, -0.1) is 11.3 Å². The summed E-state index contributed by atoms with van der Waals surface area (Å²) < 4.78 is 10.9. The molecule has 1 atom stereocenters. The number of amides is 2. The molecule has 0 saturated heterocycles. The van der Waals surface area contributed by atoms with E-state index >= 15 is 0 Å². The lowest BCUT2D eigenvalue weighted by atomic mass is 10.2. The van der Waals surface area contributed by atoms with E-state index in [1.54, 1.807) is 36.6 Å². The highest BCUT2D eigenvalue weighted by atomic mass is 32.1. The Labute approximate surface area is 144 Å². The van der Waals surface area contributed by atoms with Crippen LogP contribution in [0.2, 0.25) is 0 Å². The van der Waals surface area contributed by atoms with E-state index in [9.17, 15) is 9.59 Å². The number of benzene rings is 1. The van der Waals surface area contributed by atoms with Gasteiger partial charge < -0.3 is 19.7 Å². The molecule has 24 heavy (non-hydrogen) atoms. The maximum atomic E-state index is 12.3. The Kier molecular flexibility index (Phi) is 4.71. The van der Waals surface area contributed by atoms with Crippen LogP contribution in [0, 0.1) is 0 Å².